The highest BCUT2D eigenvalue weighted by atomic mass is 79.9. The van der Waals surface area contributed by atoms with Crippen LogP contribution in [0.3, 0.4) is 0 Å². The average molecular weight is 338 g/mol. The molecule has 1 aromatic carbocycles. The molecule has 0 bridgehead atoms. The van der Waals surface area contributed by atoms with Gasteiger partial charge in [-0.05, 0) is 59.1 Å². The summed E-state index contributed by atoms with van der Waals surface area (Å²) in [4.78, 5) is 0. The number of ether oxygens (including phenoxy) is 1. The monoisotopic (exact) mass is 337 g/mol. The Morgan fingerprint density at radius 3 is 2.80 bits per heavy atom. The van der Waals surface area contributed by atoms with Crippen molar-refractivity contribution in [1.29, 1.82) is 0 Å². The second kappa shape index (κ2) is 7.50. The third-order valence-electron chi connectivity index (χ3n) is 3.24. The van der Waals surface area contributed by atoms with E-state index >= 15 is 0 Å². The first-order chi connectivity index (χ1) is 9.74. The molecule has 20 heavy (non-hydrogen) atoms. The van der Waals surface area contributed by atoms with E-state index in [-0.39, 0.29) is 6.04 Å². The largest absolute Gasteiger partial charge is 0.496 e. The Bertz CT molecular complexity index is 525. The number of nitrogens with one attached hydrogen (secondary N) is 1. The normalized spacial score (nSPS) is 12.3. The van der Waals surface area contributed by atoms with Crippen molar-refractivity contribution in [3.05, 3.63) is 52.4 Å². The maximum absolute atomic E-state index is 5.26. The molecule has 0 radical (unpaired) electrons. The van der Waals surface area contributed by atoms with Gasteiger partial charge in [-0.15, -0.1) is 0 Å². The van der Waals surface area contributed by atoms with Crippen molar-refractivity contribution in [3.63, 3.8) is 0 Å². The molecule has 0 amide bonds. The molecule has 2 aromatic rings. The average Bonchev–Trinajstić information content (AvgIpc) is 2.97. The van der Waals surface area contributed by atoms with Gasteiger partial charge in [0.15, 0.2) is 0 Å². The van der Waals surface area contributed by atoms with E-state index in [0.29, 0.717) is 0 Å². The van der Waals surface area contributed by atoms with E-state index < -0.39 is 0 Å². The number of halogens is 1. The molecular formula is C16H20BrNO2. The summed E-state index contributed by atoms with van der Waals surface area (Å²) in [6.07, 6.45) is 5.56. The maximum Gasteiger partial charge on any atom is 0.133 e. The number of rotatable bonds is 7. The molecule has 1 atom stereocenters. The van der Waals surface area contributed by atoms with Crippen LogP contribution in [0.15, 0.2) is 45.7 Å². The molecule has 0 aliphatic rings. The predicted molar refractivity (Wildman–Crippen MR) is 84.1 cm³/mol. The Morgan fingerprint density at radius 1 is 1.35 bits per heavy atom. The van der Waals surface area contributed by atoms with Crippen LogP contribution in [-0.2, 0) is 6.42 Å². The molecule has 3 nitrogen and oxygen atoms in total. The Hall–Kier alpha value is -1.26. The standard InChI is InChI=1S/C16H20BrNO2/c1-3-7-18-15(13-6-8-20-11-13)10-12-4-5-16(19-2)14(17)9-12/h4-6,8-9,11,15,18H,3,7,10H2,1-2H3. The van der Waals surface area contributed by atoms with Crippen LogP contribution >= 0.6 is 15.9 Å². The van der Waals surface area contributed by atoms with Gasteiger partial charge in [0.25, 0.3) is 0 Å². The first kappa shape index (κ1) is 15.1. The first-order valence-electron chi connectivity index (χ1n) is 6.82. The van der Waals surface area contributed by atoms with Crippen LogP contribution < -0.4 is 10.1 Å². The number of furan rings is 1. The summed E-state index contributed by atoms with van der Waals surface area (Å²) in [6, 6.07) is 8.50. The molecule has 0 aliphatic heterocycles. The minimum Gasteiger partial charge on any atom is -0.496 e. The molecule has 4 heteroatoms. The quantitative estimate of drug-likeness (QED) is 0.816. The van der Waals surface area contributed by atoms with Crippen LogP contribution in [0.4, 0.5) is 0 Å². The van der Waals surface area contributed by atoms with Crippen molar-refractivity contribution in [2.45, 2.75) is 25.8 Å². The topological polar surface area (TPSA) is 34.4 Å². The highest BCUT2D eigenvalue weighted by molar-refractivity contribution is 9.10. The van der Waals surface area contributed by atoms with Gasteiger partial charge >= 0.3 is 0 Å². The lowest BCUT2D eigenvalue weighted by Gasteiger charge is -2.17. The second-order valence-electron chi connectivity index (χ2n) is 4.74. The molecule has 0 fully saturated rings. The van der Waals surface area contributed by atoms with Gasteiger partial charge in [-0.25, -0.2) is 0 Å². The summed E-state index contributed by atoms with van der Waals surface area (Å²) >= 11 is 3.53. The lowest BCUT2D eigenvalue weighted by molar-refractivity contribution is 0.412. The fraction of sp³-hybridized carbons (Fsp3) is 0.375. The van der Waals surface area contributed by atoms with E-state index in [1.165, 1.54) is 11.1 Å². The molecule has 0 saturated heterocycles. The Labute approximate surface area is 128 Å². The van der Waals surface area contributed by atoms with Crippen molar-refractivity contribution in [1.82, 2.24) is 5.32 Å². The third kappa shape index (κ3) is 3.87. The predicted octanol–water partition coefficient (Wildman–Crippen LogP) is 4.33. The lowest BCUT2D eigenvalue weighted by Crippen LogP contribution is -2.23. The van der Waals surface area contributed by atoms with Gasteiger partial charge in [0.05, 0.1) is 24.1 Å². The van der Waals surface area contributed by atoms with Crippen LogP contribution in [0.25, 0.3) is 0 Å². The number of methoxy groups -OCH3 is 1. The molecule has 1 aromatic heterocycles. The van der Waals surface area contributed by atoms with Crippen LogP contribution in [0, 0.1) is 0 Å². The minimum absolute atomic E-state index is 0.272. The summed E-state index contributed by atoms with van der Waals surface area (Å²) < 4.78 is 11.5. The highest BCUT2D eigenvalue weighted by Gasteiger charge is 2.13. The molecule has 2 rings (SSSR count). The van der Waals surface area contributed by atoms with E-state index in [2.05, 4.69) is 40.3 Å². The Balaban J connectivity index is 2.13. The third-order valence-corrected chi connectivity index (χ3v) is 3.86. The molecule has 1 N–H and O–H groups in total. The van der Waals surface area contributed by atoms with Crippen LogP contribution in [0.2, 0.25) is 0 Å². The Morgan fingerprint density at radius 2 is 2.20 bits per heavy atom. The molecule has 108 valence electrons. The molecule has 1 heterocycles. The number of hydrogen-bond acceptors (Lipinski definition) is 3. The smallest absolute Gasteiger partial charge is 0.133 e. The number of benzene rings is 1. The summed E-state index contributed by atoms with van der Waals surface area (Å²) in [7, 11) is 1.68. The van der Waals surface area contributed by atoms with Gasteiger partial charge < -0.3 is 14.5 Å². The first-order valence-corrected chi connectivity index (χ1v) is 7.61. The zero-order chi connectivity index (χ0) is 14.4. The Kier molecular flexibility index (Phi) is 5.68. The van der Waals surface area contributed by atoms with E-state index in [0.717, 1.165) is 29.6 Å². The summed E-state index contributed by atoms with van der Waals surface area (Å²) in [5.74, 6) is 0.857. The van der Waals surface area contributed by atoms with Crippen molar-refractivity contribution in [2.24, 2.45) is 0 Å². The van der Waals surface area contributed by atoms with E-state index in [9.17, 15) is 0 Å². The number of hydrogen-bond donors (Lipinski definition) is 1. The highest BCUT2D eigenvalue weighted by Crippen LogP contribution is 2.28. The van der Waals surface area contributed by atoms with Crippen molar-refractivity contribution >= 4 is 15.9 Å². The van der Waals surface area contributed by atoms with Gasteiger partial charge in [0, 0.05) is 11.6 Å². The molecule has 0 saturated carbocycles. The summed E-state index contributed by atoms with van der Waals surface area (Å²) in [5, 5.41) is 3.56. The van der Waals surface area contributed by atoms with Crippen LogP contribution in [0.1, 0.15) is 30.5 Å². The minimum atomic E-state index is 0.272. The zero-order valence-electron chi connectivity index (χ0n) is 11.9. The summed E-state index contributed by atoms with van der Waals surface area (Å²) in [6.45, 7) is 3.16. The molecule has 0 aliphatic carbocycles. The van der Waals surface area contributed by atoms with Gasteiger partial charge in [-0.2, -0.15) is 0 Å². The van der Waals surface area contributed by atoms with Crippen LogP contribution in [0.5, 0.6) is 5.75 Å². The lowest BCUT2D eigenvalue weighted by atomic mass is 10.0. The molecule has 1 unspecified atom stereocenters. The van der Waals surface area contributed by atoms with Crippen molar-refractivity contribution in [2.75, 3.05) is 13.7 Å². The fourth-order valence-corrected chi connectivity index (χ4v) is 2.76. The van der Waals surface area contributed by atoms with E-state index in [1.54, 1.807) is 13.4 Å². The van der Waals surface area contributed by atoms with Gasteiger partial charge in [-0.1, -0.05) is 13.0 Å². The maximum atomic E-state index is 5.26. The summed E-state index contributed by atoms with van der Waals surface area (Å²) in [5.41, 5.74) is 2.44. The fourth-order valence-electron chi connectivity index (χ4n) is 2.17. The van der Waals surface area contributed by atoms with E-state index in [1.807, 2.05) is 18.4 Å². The van der Waals surface area contributed by atoms with Crippen molar-refractivity contribution < 1.29 is 9.15 Å². The second-order valence-corrected chi connectivity index (χ2v) is 5.59. The zero-order valence-corrected chi connectivity index (χ0v) is 13.4. The molecule has 0 spiro atoms. The van der Waals surface area contributed by atoms with Gasteiger partial charge in [0.1, 0.15) is 5.75 Å². The SMILES string of the molecule is CCCNC(Cc1ccc(OC)c(Br)c1)c1ccoc1. The van der Waals surface area contributed by atoms with Crippen molar-refractivity contribution in [3.8, 4) is 5.75 Å². The van der Waals surface area contributed by atoms with Gasteiger partial charge in [0.2, 0.25) is 0 Å². The van der Waals surface area contributed by atoms with Crippen LogP contribution in [-0.4, -0.2) is 13.7 Å². The molecular weight excluding hydrogens is 318 g/mol. The van der Waals surface area contributed by atoms with E-state index in [4.69, 9.17) is 9.15 Å². The van der Waals surface area contributed by atoms with Gasteiger partial charge in [-0.3, -0.25) is 0 Å².